The van der Waals surface area contributed by atoms with Crippen molar-refractivity contribution < 1.29 is 4.79 Å². The van der Waals surface area contributed by atoms with Gasteiger partial charge in [-0.05, 0) is 59.5 Å². The Morgan fingerprint density at radius 3 is 2.78 bits per heavy atom. The summed E-state index contributed by atoms with van der Waals surface area (Å²) in [5.41, 5.74) is 7.02. The van der Waals surface area contributed by atoms with E-state index in [9.17, 15) is 4.79 Å². The molecule has 0 aliphatic carbocycles. The van der Waals surface area contributed by atoms with E-state index in [0.29, 0.717) is 11.3 Å². The highest BCUT2D eigenvalue weighted by atomic mass is 79.9. The van der Waals surface area contributed by atoms with Crippen LogP contribution in [0.5, 0.6) is 0 Å². The number of rotatable bonds is 5. The van der Waals surface area contributed by atoms with Crippen LogP contribution >= 0.6 is 27.7 Å². The van der Waals surface area contributed by atoms with Gasteiger partial charge in [0.1, 0.15) is 0 Å². The summed E-state index contributed by atoms with van der Waals surface area (Å²) in [4.78, 5) is 14.1. The lowest BCUT2D eigenvalue weighted by Crippen LogP contribution is -2.35. The molecule has 1 amide bonds. The van der Waals surface area contributed by atoms with Crippen molar-refractivity contribution in [1.82, 2.24) is 4.90 Å². The van der Waals surface area contributed by atoms with Crippen molar-refractivity contribution in [1.29, 1.82) is 0 Å². The van der Waals surface area contributed by atoms with Crippen molar-refractivity contribution in [2.75, 3.05) is 24.8 Å². The molecule has 5 heteroatoms. The van der Waals surface area contributed by atoms with Crippen molar-refractivity contribution in [3.63, 3.8) is 0 Å². The third-order valence-corrected chi connectivity index (χ3v) is 4.30. The number of nitrogens with two attached hydrogens (primary N) is 1. The van der Waals surface area contributed by atoms with E-state index in [2.05, 4.69) is 29.1 Å². The number of halogens is 1. The fourth-order valence-electron chi connectivity index (χ4n) is 1.55. The molecule has 0 aromatic heterocycles. The topological polar surface area (TPSA) is 46.3 Å². The van der Waals surface area contributed by atoms with Crippen LogP contribution in [0, 0.1) is 0 Å². The van der Waals surface area contributed by atoms with Crippen LogP contribution in [-0.2, 0) is 0 Å². The lowest BCUT2D eigenvalue weighted by Gasteiger charge is -2.25. The second kappa shape index (κ2) is 7.04. The number of benzene rings is 1. The van der Waals surface area contributed by atoms with Gasteiger partial charge in [-0.1, -0.05) is 0 Å². The van der Waals surface area contributed by atoms with Crippen molar-refractivity contribution in [3.05, 3.63) is 28.2 Å². The molecule has 1 rings (SSSR count). The molecule has 0 aliphatic rings. The Balaban J connectivity index is 2.76. The molecule has 1 aromatic carbocycles. The summed E-state index contributed by atoms with van der Waals surface area (Å²) in [5.74, 6) is 1.09. The molecule has 0 heterocycles. The molecule has 1 unspecified atom stereocenters. The summed E-state index contributed by atoms with van der Waals surface area (Å²) in [6.07, 6.45) is 3.07. The monoisotopic (exact) mass is 330 g/mol. The zero-order valence-corrected chi connectivity index (χ0v) is 13.3. The van der Waals surface area contributed by atoms with Crippen LogP contribution in [0.1, 0.15) is 23.7 Å². The molecule has 0 saturated heterocycles. The molecule has 100 valence electrons. The molecule has 0 saturated carbocycles. The Morgan fingerprint density at radius 2 is 2.22 bits per heavy atom. The van der Waals surface area contributed by atoms with Crippen LogP contribution in [0.25, 0.3) is 0 Å². The molecule has 0 fully saturated rings. The van der Waals surface area contributed by atoms with Gasteiger partial charge in [0.05, 0.1) is 0 Å². The number of hydrogen-bond donors (Lipinski definition) is 1. The number of thioether (sulfide) groups is 1. The first-order chi connectivity index (χ1) is 8.47. The maximum atomic E-state index is 12.3. The summed E-state index contributed by atoms with van der Waals surface area (Å²) in [7, 11) is 1.84. The number of carbonyl (C=O) groups is 1. The minimum absolute atomic E-state index is 0.0318. The van der Waals surface area contributed by atoms with Crippen molar-refractivity contribution >= 4 is 39.3 Å². The minimum Gasteiger partial charge on any atom is -0.398 e. The minimum atomic E-state index is 0.0318. The van der Waals surface area contributed by atoms with Gasteiger partial charge in [0.25, 0.3) is 5.91 Å². The van der Waals surface area contributed by atoms with E-state index in [1.165, 1.54) is 0 Å². The van der Waals surface area contributed by atoms with Crippen LogP contribution < -0.4 is 5.73 Å². The standard InChI is InChI=1S/C13H19BrN2OS/c1-9(6-7-18-3)16(2)13(17)10-4-5-12(15)11(14)8-10/h4-5,8-9H,6-7,15H2,1-3H3. The van der Waals surface area contributed by atoms with E-state index in [1.54, 1.807) is 34.9 Å². The van der Waals surface area contributed by atoms with Gasteiger partial charge >= 0.3 is 0 Å². The van der Waals surface area contributed by atoms with E-state index in [1.807, 2.05) is 7.05 Å². The third kappa shape index (κ3) is 3.92. The van der Waals surface area contributed by atoms with E-state index in [-0.39, 0.29) is 11.9 Å². The first kappa shape index (κ1) is 15.4. The predicted molar refractivity (Wildman–Crippen MR) is 83.1 cm³/mol. The average Bonchev–Trinajstić information content (AvgIpc) is 2.37. The lowest BCUT2D eigenvalue weighted by atomic mass is 10.1. The van der Waals surface area contributed by atoms with Crippen LogP contribution in [0.2, 0.25) is 0 Å². The van der Waals surface area contributed by atoms with Crippen LogP contribution in [0.15, 0.2) is 22.7 Å². The molecule has 0 radical (unpaired) electrons. The molecule has 1 atom stereocenters. The van der Waals surface area contributed by atoms with Gasteiger partial charge in [-0.3, -0.25) is 4.79 Å². The van der Waals surface area contributed by atoms with E-state index in [4.69, 9.17) is 5.73 Å². The Bertz CT molecular complexity index is 425. The molecule has 18 heavy (non-hydrogen) atoms. The van der Waals surface area contributed by atoms with Crippen LogP contribution in [-0.4, -0.2) is 35.9 Å². The summed E-state index contributed by atoms with van der Waals surface area (Å²) >= 11 is 5.14. The number of nitrogens with zero attached hydrogens (tertiary/aromatic N) is 1. The molecule has 0 aliphatic heterocycles. The molecular formula is C13H19BrN2OS. The average molecular weight is 331 g/mol. The van der Waals surface area contributed by atoms with Crippen molar-refractivity contribution in [2.45, 2.75) is 19.4 Å². The Morgan fingerprint density at radius 1 is 1.56 bits per heavy atom. The first-order valence-electron chi connectivity index (χ1n) is 5.78. The summed E-state index contributed by atoms with van der Waals surface area (Å²) in [5, 5.41) is 0. The molecular weight excluding hydrogens is 312 g/mol. The number of amides is 1. The predicted octanol–water partition coefficient (Wildman–Crippen LogP) is 3.24. The summed E-state index contributed by atoms with van der Waals surface area (Å²) in [6.45, 7) is 2.07. The van der Waals surface area contributed by atoms with Crippen molar-refractivity contribution in [3.8, 4) is 0 Å². The van der Waals surface area contributed by atoms with Gasteiger partial charge in [0, 0.05) is 28.8 Å². The van der Waals surface area contributed by atoms with E-state index in [0.717, 1.165) is 16.6 Å². The lowest BCUT2D eigenvalue weighted by molar-refractivity contribution is 0.0741. The zero-order chi connectivity index (χ0) is 13.7. The largest absolute Gasteiger partial charge is 0.398 e. The first-order valence-corrected chi connectivity index (χ1v) is 7.97. The van der Waals surface area contributed by atoms with E-state index < -0.39 is 0 Å². The van der Waals surface area contributed by atoms with Crippen molar-refractivity contribution in [2.24, 2.45) is 0 Å². The molecule has 1 aromatic rings. The van der Waals surface area contributed by atoms with Gasteiger partial charge in [-0.25, -0.2) is 0 Å². The Labute approximate surface area is 121 Å². The second-order valence-electron chi connectivity index (χ2n) is 4.28. The molecule has 2 N–H and O–H groups in total. The normalized spacial score (nSPS) is 12.2. The van der Waals surface area contributed by atoms with E-state index >= 15 is 0 Å². The van der Waals surface area contributed by atoms with Gasteiger partial charge < -0.3 is 10.6 Å². The maximum Gasteiger partial charge on any atom is 0.253 e. The Hall–Kier alpha value is -0.680. The quantitative estimate of drug-likeness (QED) is 0.843. The zero-order valence-electron chi connectivity index (χ0n) is 10.9. The third-order valence-electron chi connectivity index (χ3n) is 2.97. The van der Waals surface area contributed by atoms with Gasteiger partial charge in [0.2, 0.25) is 0 Å². The maximum absolute atomic E-state index is 12.3. The fraction of sp³-hybridized carbons (Fsp3) is 0.462. The van der Waals surface area contributed by atoms with Gasteiger partial charge in [-0.15, -0.1) is 0 Å². The molecule has 0 spiro atoms. The molecule has 0 bridgehead atoms. The van der Waals surface area contributed by atoms with Gasteiger partial charge in [-0.2, -0.15) is 11.8 Å². The molecule has 3 nitrogen and oxygen atoms in total. The number of nitrogen functional groups attached to an aromatic ring is 1. The van der Waals surface area contributed by atoms with Gasteiger partial charge in [0.15, 0.2) is 0 Å². The Kier molecular flexibility index (Phi) is 6.02. The highest BCUT2D eigenvalue weighted by Crippen LogP contribution is 2.21. The number of anilines is 1. The second-order valence-corrected chi connectivity index (χ2v) is 6.12. The smallest absolute Gasteiger partial charge is 0.253 e. The number of carbonyl (C=O) groups excluding carboxylic acids is 1. The highest BCUT2D eigenvalue weighted by molar-refractivity contribution is 9.10. The summed E-state index contributed by atoms with van der Waals surface area (Å²) in [6, 6.07) is 5.52. The SMILES string of the molecule is CSCCC(C)N(C)C(=O)c1ccc(N)c(Br)c1. The summed E-state index contributed by atoms with van der Waals surface area (Å²) < 4.78 is 0.763. The highest BCUT2D eigenvalue weighted by Gasteiger charge is 2.17. The number of hydrogen-bond acceptors (Lipinski definition) is 3. The van der Waals surface area contributed by atoms with Crippen LogP contribution in [0.4, 0.5) is 5.69 Å². The van der Waals surface area contributed by atoms with Crippen LogP contribution in [0.3, 0.4) is 0 Å². The fourth-order valence-corrected chi connectivity index (χ4v) is 2.50.